The van der Waals surface area contributed by atoms with Crippen LogP contribution in [-0.4, -0.2) is 141 Å². The molecule has 2 aliphatic heterocycles. The van der Waals surface area contributed by atoms with Crippen molar-refractivity contribution in [3.8, 4) is 0 Å². The van der Waals surface area contributed by atoms with Crippen LogP contribution in [0.2, 0.25) is 10.0 Å². The second-order valence-corrected chi connectivity index (χ2v) is 18.5. The highest BCUT2D eigenvalue weighted by atomic mass is 35.5. The molecule has 2 aliphatic rings. The Bertz CT molecular complexity index is 3020. The highest BCUT2D eigenvalue weighted by Gasteiger charge is 2.27. The van der Waals surface area contributed by atoms with Gasteiger partial charge < -0.3 is 29.1 Å². The number of amides is 2. The average molecular weight is 1050 g/mol. The number of halogens is 4. The molecule has 6 heterocycles. The Morgan fingerprint density at radius 2 is 1.07 bits per heavy atom. The van der Waals surface area contributed by atoms with Crippen molar-refractivity contribution in [3.05, 3.63) is 149 Å². The molecule has 4 aromatic heterocycles. The summed E-state index contributed by atoms with van der Waals surface area (Å²) in [5, 5.41) is 13.1. The predicted octanol–water partition coefficient (Wildman–Crippen LogP) is 6.55. The van der Waals surface area contributed by atoms with Crippen LogP contribution in [0.25, 0.3) is 0 Å². The van der Waals surface area contributed by atoms with Gasteiger partial charge in [0.25, 0.3) is 11.8 Å². The van der Waals surface area contributed by atoms with Gasteiger partial charge in [-0.25, -0.2) is 38.3 Å². The van der Waals surface area contributed by atoms with Crippen molar-refractivity contribution in [1.82, 2.24) is 38.7 Å². The molecule has 374 valence electrons. The highest BCUT2D eigenvalue weighted by molar-refractivity contribution is 7.07. The lowest BCUT2D eigenvalue weighted by Crippen LogP contribution is -2.48. The summed E-state index contributed by atoms with van der Waals surface area (Å²) in [5.74, 6) is -3.10. The number of thiazole rings is 2. The summed E-state index contributed by atoms with van der Waals surface area (Å²) in [6.07, 6.45) is 3.68. The number of hydrogen-bond acceptors (Lipinski definition) is 15. The second kappa shape index (κ2) is 24.7. The van der Waals surface area contributed by atoms with Gasteiger partial charge in [0.05, 0.1) is 50.8 Å². The molecule has 2 aromatic carbocycles. The molecule has 2 fully saturated rings. The number of piperazine rings is 2. The predicted molar refractivity (Wildman–Crippen MR) is 261 cm³/mol. The molecule has 2 amide bonds. The Kier molecular flexibility index (Phi) is 18.3. The molecule has 0 unspecified atom stereocenters. The molecule has 18 nitrogen and oxygen atoms in total. The number of aromatic nitrogens is 4. The van der Waals surface area contributed by atoms with Gasteiger partial charge in [0.2, 0.25) is 0 Å². The lowest BCUT2D eigenvalue weighted by atomic mass is 10.1. The fourth-order valence-electron chi connectivity index (χ4n) is 7.58. The molecular weight excluding hydrogens is 1010 g/mol. The van der Waals surface area contributed by atoms with Crippen LogP contribution in [0.5, 0.6) is 0 Å². The van der Waals surface area contributed by atoms with Crippen LogP contribution >= 0.6 is 45.9 Å². The van der Waals surface area contributed by atoms with Crippen LogP contribution in [0.1, 0.15) is 52.8 Å². The molecule has 6 aromatic rings. The van der Waals surface area contributed by atoms with E-state index >= 15 is 0 Å². The van der Waals surface area contributed by atoms with E-state index < -0.39 is 29.5 Å². The number of carbonyl (C=O) groups is 4. The van der Waals surface area contributed by atoms with Gasteiger partial charge in [0, 0.05) is 103 Å². The number of carboxylic acids is 1. The number of aromatic carboxylic acids is 1. The first-order valence-electron chi connectivity index (χ1n) is 21.8. The Morgan fingerprint density at radius 1 is 0.648 bits per heavy atom. The summed E-state index contributed by atoms with van der Waals surface area (Å²) in [7, 11) is 4.50. The first-order chi connectivity index (χ1) is 34.2. The summed E-state index contributed by atoms with van der Waals surface area (Å²) < 4.78 is 47.4. The number of esters is 1. The number of hydrogen-bond donors (Lipinski definition) is 1. The molecule has 0 radical (unpaired) electrons. The van der Waals surface area contributed by atoms with Crippen molar-refractivity contribution in [2.24, 2.45) is 9.98 Å². The van der Waals surface area contributed by atoms with Crippen LogP contribution < -0.4 is 9.60 Å². The number of ether oxygens (including phenoxy) is 3. The third-order valence-electron chi connectivity index (χ3n) is 11.1. The van der Waals surface area contributed by atoms with E-state index in [0.29, 0.717) is 111 Å². The molecule has 71 heavy (non-hydrogen) atoms. The minimum Gasteiger partial charge on any atom is -0.478 e. The maximum absolute atomic E-state index is 14.3. The topological polar surface area (TPSA) is 190 Å². The molecular formula is C47H48Cl2F2N10O8S2. The molecule has 8 rings (SSSR count). The van der Waals surface area contributed by atoms with Crippen LogP contribution in [0.4, 0.5) is 20.4 Å². The van der Waals surface area contributed by atoms with Gasteiger partial charge in [0.1, 0.15) is 13.5 Å². The minimum absolute atomic E-state index is 0.0334. The Balaban J connectivity index is 0.000000209. The number of rotatable bonds is 14. The van der Waals surface area contributed by atoms with Crippen LogP contribution in [0.15, 0.2) is 93.8 Å². The maximum atomic E-state index is 14.3. The Labute approximate surface area is 424 Å². The standard InChI is InChI=1S/C24H25ClFN5O4S.C23H23ClFN5O4S/c1-34-15-31-10-11-36-24(31)28-20-13-16(23(33)35-2)12-17(27-20)14-29-6-8-30(9-7-29)22(32)18-4-3-5-19(25)21(18)26;1-34-14-30-9-10-35-23(30)27-19-12-15(22(32)33)11-16(26-19)13-28-5-7-29(8-6-28)21(31)17-3-2-4-18(24)20(17)25/h3-5,10-13H,6-9,14-15H2,1-2H3;2-4,9-12H,5-8,13-14H2,1H3,(H,32,33). The smallest absolute Gasteiger partial charge is 0.338 e. The van der Waals surface area contributed by atoms with Crippen molar-refractivity contribution in [2.75, 3.05) is 73.7 Å². The monoisotopic (exact) mass is 1050 g/mol. The fraction of sp³-hybridized carbons (Fsp3) is 0.319. The zero-order valence-electron chi connectivity index (χ0n) is 38.7. The third kappa shape index (κ3) is 13.6. The van der Waals surface area contributed by atoms with E-state index in [1.165, 1.54) is 66.2 Å². The highest BCUT2D eigenvalue weighted by Crippen LogP contribution is 2.23. The normalized spacial score (nSPS) is 14.9. The molecule has 0 aliphatic carbocycles. The largest absolute Gasteiger partial charge is 0.478 e. The molecule has 2 saturated heterocycles. The van der Waals surface area contributed by atoms with Gasteiger partial charge in [-0.2, -0.15) is 0 Å². The van der Waals surface area contributed by atoms with E-state index in [2.05, 4.69) is 29.8 Å². The van der Waals surface area contributed by atoms with Crippen molar-refractivity contribution in [1.29, 1.82) is 0 Å². The van der Waals surface area contributed by atoms with E-state index in [-0.39, 0.29) is 38.5 Å². The number of pyridine rings is 2. The summed E-state index contributed by atoms with van der Waals surface area (Å²) in [4.78, 5) is 76.4. The lowest BCUT2D eigenvalue weighted by molar-refractivity contribution is 0.0593. The van der Waals surface area contributed by atoms with Crippen molar-refractivity contribution < 1.29 is 47.3 Å². The Morgan fingerprint density at radius 3 is 1.48 bits per heavy atom. The van der Waals surface area contributed by atoms with Crippen LogP contribution in [0, 0.1) is 11.6 Å². The van der Waals surface area contributed by atoms with Crippen molar-refractivity contribution >= 4 is 81.3 Å². The van der Waals surface area contributed by atoms with E-state index in [9.17, 15) is 33.1 Å². The van der Waals surface area contributed by atoms with E-state index in [1.807, 2.05) is 27.7 Å². The van der Waals surface area contributed by atoms with E-state index in [4.69, 9.17) is 37.4 Å². The minimum atomic E-state index is -1.07. The lowest BCUT2D eigenvalue weighted by Gasteiger charge is -2.34. The zero-order chi connectivity index (χ0) is 50.6. The summed E-state index contributed by atoms with van der Waals surface area (Å²) in [6, 6.07) is 15.0. The van der Waals surface area contributed by atoms with Gasteiger partial charge in [-0.05, 0) is 48.5 Å². The third-order valence-corrected chi connectivity index (χ3v) is 13.3. The van der Waals surface area contributed by atoms with Gasteiger partial charge >= 0.3 is 11.9 Å². The molecule has 0 spiro atoms. The van der Waals surface area contributed by atoms with Gasteiger partial charge in [-0.1, -0.05) is 35.3 Å². The summed E-state index contributed by atoms with van der Waals surface area (Å²) in [5.41, 5.74) is 1.56. The number of benzene rings is 2. The maximum Gasteiger partial charge on any atom is 0.338 e. The fourth-order valence-corrected chi connectivity index (χ4v) is 9.38. The van der Waals surface area contributed by atoms with Crippen LogP contribution in [0.3, 0.4) is 0 Å². The number of carbonyl (C=O) groups excluding carboxylic acids is 3. The SMILES string of the molecule is COCn1ccsc1=Nc1cc(C(=O)O)cc(CN2CCN(C(=O)c3cccc(Cl)c3F)CC2)n1.COCn1ccsc1=Nc1cc(C(=O)OC)cc(CN2CCN(C(=O)c3cccc(Cl)c3F)CC2)n1. The number of methoxy groups -OCH3 is 3. The zero-order valence-corrected chi connectivity index (χ0v) is 41.8. The molecule has 0 saturated carbocycles. The second-order valence-electron chi connectivity index (χ2n) is 15.9. The average Bonchev–Trinajstić information content (AvgIpc) is 4.01. The van der Waals surface area contributed by atoms with Crippen LogP contribution in [-0.2, 0) is 40.8 Å². The molecule has 1 N–H and O–H groups in total. The van der Waals surface area contributed by atoms with Crippen molar-refractivity contribution in [3.63, 3.8) is 0 Å². The Hall–Kier alpha value is -6.24. The van der Waals surface area contributed by atoms with Crippen molar-refractivity contribution in [2.45, 2.75) is 26.6 Å². The van der Waals surface area contributed by atoms with E-state index in [0.717, 1.165) is 0 Å². The van der Waals surface area contributed by atoms with E-state index in [1.54, 1.807) is 52.9 Å². The molecule has 24 heteroatoms. The first kappa shape index (κ1) is 52.6. The summed E-state index contributed by atoms with van der Waals surface area (Å²) >= 11 is 14.5. The molecule has 0 atom stereocenters. The first-order valence-corrected chi connectivity index (χ1v) is 24.4. The quantitative estimate of drug-likeness (QED) is 0.116. The summed E-state index contributed by atoms with van der Waals surface area (Å²) in [6.45, 7) is 5.30. The van der Waals surface area contributed by atoms with Gasteiger partial charge in [-0.3, -0.25) is 28.5 Å². The van der Waals surface area contributed by atoms with Gasteiger partial charge in [-0.15, -0.1) is 22.7 Å². The number of carboxylic acid groups (broad SMARTS) is 1. The number of nitrogens with zero attached hydrogens (tertiary/aromatic N) is 10. The molecule has 0 bridgehead atoms. The van der Waals surface area contributed by atoms with Gasteiger partial charge in [0.15, 0.2) is 32.9 Å².